The first-order valence-electron chi connectivity index (χ1n) is 5.75. The average molecular weight is 235 g/mol. The van der Waals surface area contributed by atoms with Gasteiger partial charge in [0.2, 0.25) is 0 Å². The number of ether oxygens (including phenoxy) is 2. The number of rotatable bonds is 3. The van der Waals surface area contributed by atoms with Crippen molar-refractivity contribution in [3.8, 4) is 0 Å². The number of nitrogens with two attached hydrogens (primary N) is 1. The zero-order chi connectivity index (χ0) is 12.3. The van der Waals surface area contributed by atoms with Gasteiger partial charge in [-0.15, -0.1) is 0 Å². The van der Waals surface area contributed by atoms with Crippen LogP contribution in [0.4, 0.5) is 0 Å². The number of hydrogen-bond donors (Lipinski definition) is 1. The maximum Gasteiger partial charge on any atom is 0.322 e. The van der Waals surface area contributed by atoms with E-state index in [9.17, 15) is 4.79 Å². The fourth-order valence-corrected chi connectivity index (χ4v) is 2.15. The molecule has 4 nitrogen and oxygen atoms in total. The predicted octanol–water partition coefficient (Wildman–Crippen LogP) is 1.19. The molecule has 0 radical (unpaired) electrons. The van der Waals surface area contributed by atoms with Gasteiger partial charge in [0.05, 0.1) is 19.8 Å². The van der Waals surface area contributed by atoms with E-state index in [1.54, 1.807) is 0 Å². The maximum absolute atomic E-state index is 11.3. The Labute approximate surface area is 101 Å². The molecule has 0 spiro atoms. The summed E-state index contributed by atoms with van der Waals surface area (Å²) in [7, 11) is 1.35. The van der Waals surface area contributed by atoms with Gasteiger partial charge < -0.3 is 15.2 Å². The molecule has 0 fully saturated rings. The molecule has 0 saturated carbocycles. The van der Waals surface area contributed by atoms with Crippen LogP contribution in [0.3, 0.4) is 0 Å². The van der Waals surface area contributed by atoms with Gasteiger partial charge in [-0.05, 0) is 17.5 Å². The highest BCUT2D eigenvalue weighted by molar-refractivity contribution is 5.75. The summed E-state index contributed by atoms with van der Waals surface area (Å²) in [6.45, 7) is 0.676. The Morgan fingerprint density at radius 2 is 2.35 bits per heavy atom. The molecule has 2 unspecified atom stereocenters. The van der Waals surface area contributed by atoms with E-state index in [1.165, 1.54) is 12.7 Å². The molecule has 2 rings (SSSR count). The van der Waals surface area contributed by atoms with Gasteiger partial charge in [0.15, 0.2) is 0 Å². The summed E-state index contributed by atoms with van der Waals surface area (Å²) in [5, 5.41) is 0. The summed E-state index contributed by atoms with van der Waals surface area (Å²) in [5.74, 6) is -0.392. The molecule has 92 valence electrons. The van der Waals surface area contributed by atoms with Crippen molar-refractivity contribution in [1.82, 2.24) is 0 Å². The fraction of sp³-hybridized carbons (Fsp3) is 0.462. The van der Waals surface area contributed by atoms with E-state index in [1.807, 2.05) is 18.2 Å². The van der Waals surface area contributed by atoms with Gasteiger partial charge >= 0.3 is 5.97 Å². The Morgan fingerprint density at radius 3 is 3.12 bits per heavy atom. The standard InChI is InChI=1S/C13H17NO3/c1-16-13(15)11(14)8-12-10-5-3-2-4-9(10)6-7-17-12/h2-5,11-12H,6-8,14H2,1H3. The van der Waals surface area contributed by atoms with Crippen molar-refractivity contribution in [3.63, 3.8) is 0 Å². The average Bonchev–Trinajstić information content (AvgIpc) is 2.38. The van der Waals surface area contributed by atoms with Gasteiger partial charge in [-0.2, -0.15) is 0 Å². The summed E-state index contributed by atoms with van der Waals surface area (Å²) in [6, 6.07) is 7.49. The van der Waals surface area contributed by atoms with Crippen molar-refractivity contribution in [2.24, 2.45) is 5.73 Å². The van der Waals surface area contributed by atoms with E-state index < -0.39 is 12.0 Å². The van der Waals surface area contributed by atoms with Gasteiger partial charge in [-0.25, -0.2) is 0 Å². The second-order valence-corrected chi connectivity index (χ2v) is 4.17. The molecule has 17 heavy (non-hydrogen) atoms. The third-order valence-electron chi connectivity index (χ3n) is 3.06. The molecule has 1 aliphatic heterocycles. The normalized spacial score (nSPS) is 20.5. The minimum atomic E-state index is -0.629. The highest BCUT2D eigenvalue weighted by Gasteiger charge is 2.25. The number of carbonyl (C=O) groups is 1. The molecule has 0 aliphatic carbocycles. The van der Waals surface area contributed by atoms with Gasteiger partial charge in [0.1, 0.15) is 6.04 Å². The largest absolute Gasteiger partial charge is 0.468 e. The lowest BCUT2D eigenvalue weighted by Gasteiger charge is -2.27. The predicted molar refractivity (Wildman–Crippen MR) is 63.4 cm³/mol. The van der Waals surface area contributed by atoms with Crippen molar-refractivity contribution in [2.45, 2.75) is 25.0 Å². The Morgan fingerprint density at radius 1 is 1.59 bits per heavy atom. The van der Waals surface area contributed by atoms with Crippen molar-refractivity contribution in [3.05, 3.63) is 35.4 Å². The molecule has 2 atom stereocenters. The molecule has 1 heterocycles. The fourth-order valence-electron chi connectivity index (χ4n) is 2.15. The molecule has 0 amide bonds. The molecule has 0 bridgehead atoms. The Kier molecular flexibility index (Phi) is 3.76. The van der Waals surface area contributed by atoms with Crippen LogP contribution in [-0.2, 0) is 20.7 Å². The molecule has 2 N–H and O–H groups in total. The molecule has 0 aromatic heterocycles. The van der Waals surface area contributed by atoms with E-state index in [0.29, 0.717) is 13.0 Å². The van der Waals surface area contributed by atoms with E-state index in [4.69, 9.17) is 10.5 Å². The monoisotopic (exact) mass is 235 g/mol. The van der Waals surface area contributed by atoms with E-state index in [-0.39, 0.29) is 6.10 Å². The summed E-state index contributed by atoms with van der Waals surface area (Å²) in [6.07, 6.45) is 1.28. The highest BCUT2D eigenvalue weighted by atomic mass is 16.5. The molecule has 1 aromatic rings. The summed E-state index contributed by atoms with van der Waals surface area (Å²) < 4.78 is 10.3. The molecular formula is C13H17NO3. The first-order valence-corrected chi connectivity index (χ1v) is 5.75. The SMILES string of the molecule is COC(=O)C(N)CC1OCCc2ccccc21. The molecule has 1 aromatic carbocycles. The second kappa shape index (κ2) is 5.29. The van der Waals surface area contributed by atoms with Crippen LogP contribution in [0.15, 0.2) is 24.3 Å². The summed E-state index contributed by atoms with van der Waals surface area (Å²) in [5.41, 5.74) is 8.18. The van der Waals surface area contributed by atoms with Crippen LogP contribution in [0.25, 0.3) is 0 Å². The van der Waals surface area contributed by atoms with Crippen molar-refractivity contribution in [1.29, 1.82) is 0 Å². The second-order valence-electron chi connectivity index (χ2n) is 4.17. The van der Waals surface area contributed by atoms with Crippen LogP contribution >= 0.6 is 0 Å². The first kappa shape index (κ1) is 12.1. The van der Waals surface area contributed by atoms with Crippen LogP contribution in [0, 0.1) is 0 Å². The van der Waals surface area contributed by atoms with E-state index in [2.05, 4.69) is 10.8 Å². The van der Waals surface area contributed by atoms with Gasteiger partial charge in [0.25, 0.3) is 0 Å². The van der Waals surface area contributed by atoms with Crippen molar-refractivity contribution < 1.29 is 14.3 Å². The minimum absolute atomic E-state index is 0.103. The van der Waals surface area contributed by atoms with Crippen LogP contribution in [0.5, 0.6) is 0 Å². The number of hydrogen-bond acceptors (Lipinski definition) is 4. The lowest BCUT2D eigenvalue weighted by molar-refractivity contribution is -0.143. The third-order valence-corrected chi connectivity index (χ3v) is 3.06. The quantitative estimate of drug-likeness (QED) is 0.799. The Balaban J connectivity index is 2.11. The first-order chi connectivity index (χ1) is 8.22. The topological polar surface area (TPSA) is 61.5 Å². The summed E-state index contributed by atoms with van der Waals surface area (Å²) >= 11 is 0. The van der Waals surface area contributed by atoms with E-state index >= 15 is 0 Å². The smallest absolute Gasteiger partial charge is 0.322 e. The Bertz CT molecular complexity index is 405. The van der Waals surface area contributed by atoms with Crippen LogP contribution < -0.4 is 5.73 Å². The van der Waals surface area contributed by atoms with Crippen LogP contribution in [0.1, 0.15) is 23.7 Å². The highest BCUT2D eigenvalue weighted by Crippen LogP contribution is 2.30. The van der Waals surface area contributed by atoms with Gasteiger partial charge in [-0.3, -0.25) is 4.79 Å². The summed E-state index contributed by atoms with van der Waals surface area (Å²) in [4.78, 5) is 11.3. The maximum atomic E-state index is 11.3. The van der Waals surface area contributed by atoms with Crippen LogP contribution in [0.2, 0.25) is 0 Å². The molecule has 4 heteroatoms. The van der Waals surface area contributed by atoms with Gasteiger partial charge in [0, 0.05) is 6.42 Å². The number of carbonyl (C=O) groups excluding carboxylic acids is 1. The molecular weight excluding hydrogens is 218 g/mol. The third kappa shape index (κ3) is 2.65. The Hall–Kier alpha value is -1.39. The molecule has 1 aliphatic rings. The van der Waals surface area contributed by atoms with Crippen molar-refractivity contribution in [2.75, 3.05) is 13.7 Å². The van der Waals surface area contributed by atoms with Crippen LogP contribution in [-0.4, -0.2) is 25.7 Å². The minimum Gasteiger partial charge on any atom is -0.468 e. The zero-order valence-corrected chi connectivity index (χ0v) is 9.89. The number of benzene rings is 1. The number of fused-ring (bicyclic) bond motifs is 1. The van der Waals surface area contributed by atoms with Crippen molar-refractivity contribution >= 4 is 5.97 Å². The van der Waals surface area contributed by atoms with Gasteiger partial charge in [-0.1, -0.05) is 24.3 Å². The lowest BCUT2D eigenvalue weighted by Crippen LogP contribution is -2.34. The number of esters is 1. The lowest BCUT2D eigenvalue weighted by atomic mass is 9.94. The van der Waals surface area contributed by atoms with E-state index in [0.717, 1.165) is 12.0 Å². The molecule has 0 saturated heterocycles. The zero-order valence-electron chi connectivity index (χ0n) is 9.89. The number of methoxy groups -OCH3 is 1.